The summed E-state index contributed by atoms with van der Waals surface area (Å²) < 4.78 is 16.0. The summed E-state index contributed by atoms with van der Waals surface area (Å²) in [6.45, 7) is 2.87. The van der Waals surface area contributed by atoms with E-state index in [4.69, 9.17) is 20.1 Å². The predicted molar refractivity (Wildman–Crippen MR) is 102 cm³/mol. The molecule has 0 amide bonds. The molecule has 1 aromatic heterocycles. The number of hydrogen-bond acceptors (Lipinski definition) is 9. The molecule has 0 saturated carbocycles. The van der Waals surface area contributed by atoms with Crippen molar-refractivity contribution in [3.63, 3.8) is 0 Å². The van der Waals surface area contributed by atoms with Crippen LogP contribution in [-0.2, 0) is 17.6 Å². The van der Waals surface area contributed by atoms with Crippen LogP contribution in [-0.4, -0.2) is 55.5 Å². The third-order valence-electron chi connectivity index (χ3n) is 4.41. The molecule has 0 unspecified atom stereocenters. The fraction of sp³-hybridized carbons (Fsp3) is 0.500. The van der Waals surface area contributed by atoms with Crippen molar-refractivity contribution in [3.05, 3.63) is 29.6 Å². The summed E-state index contributed by atoms with van der Waals surface area (Å²) in [6, 6.07) is 5.96. The van der Waals surface area contributed by atoms with Gasteiger partial charge >= 0.3 is 0 Å². The van der Waals surface area contributed by atoms with Gasteiger partial charge in [0.15, 0.2) is 11.5 Å². The Balaban J connectivity index is 1.65. The molecule has 0 bridgehead atoms. The molecule has 3 rings (SSSR count). The molecule has 0 spiro atoms. The molecule has 0 radical (unpaired) electrons. The SMILES string of the molecule is COc1ccc(CCCc2nc(NN)nc(N3CCOCC3)n2)cc1OC. The molecule has 1 aromatic carbocycles. The fourth-order valence-corrected chi connectivity index (χ4v) is 2.98. The Morgan fingerprint density at radius 2 is 1.85 bits per heavy atom. The number of nitrogen functional groups attached to an aromatic ring is 1. The molecule has 1 saturated heterocycles. The summed E-state index contributed by atoms with van der Waals surface area (Å²) in [5.74, 6) is 8.73. The molecule has 27 heavy (non-hydrogen) atoms. The summed E-state index contributed by atoms with van der Waals surface area (Å²) in [4.78, 5) is 15.4. The number of hydrogen-bond donors (Lipinski definition) is 2. The van der Waals surface area contributed by atoms with Crippen molar-refractivity contribution < 1.29 is 14.2 Å². The predicted octanol–water partition coefficient (Wildman–Crippen LogP) is 1.19. The highest BCUT2D eigenvalue weighted by molar-refractivity contribution is 5.43. The van der Waals surface area contributed by atoms with Crippen molar-refractivity contribution in [2.24, 2.45) is 5.84 Å². The fourth-order valence-electron chi connectivity index (χ4n) is 2.98. The molecule has 146 valence electrons. The molecule has 0 atom stereocenters. The molecule has 2 heterocycles. The molecule has 3 N–H and O–H groups in total. The van der Waals surface area contributed by atoms with Crippen LogP contribution in [0.5, 0.6) is 11.5 Å². The van der Waals surface area contributed by atoms with Crippen LogP contribution in [0.15, 0.2) is 18.2 Å². The monoisotopic (exact) mass is 374 g/mol. The maximum Gasteiger partial charge on any atom is 0.242 e. The normalized spacial score (nSPS) is 14.1. The minimum absolute atomic E-state index is 0.382. The highest BCUT2D eigenvalue weighted by Crippen LogP contribution is 2.28. The number of morpholine rings is 1. The van der Waals surface area contributed by atoms with Crippen molar-refractivity contribution in [1.29, 1.82) is 0 Å². The maximum absolute atomic E-state index is 5.52. The Hall–Kier alpha value is -2.65. The molecule has 2 aromatic rings. The van der Waals surface area contributed by atoms with Gasteiger partial charge in [0.25, 0.3) is 0 Å². The number of ether oxygens (including phenoxy) is 3. The number of benzene rings is 1. The van der Waals surface area contributed by atoms with E-state index in [1.165, 1.54) is 5.56 Å². The minimum atomic E-state index is 0.382. The van der Waals surface area contributed by atoms with Gasteiger partial charge in [0.1, 0.15) is 5.82 Å². The van der Waals surface area contributed by atoms with E-state index in [9.17, 15) is 0 Å². The summed E-state index contributed by atoms with van der Waals surface area (Å²) in [5.41, 5.74) is 3.71. The Labute approximate surface area is 158 Å². The van der Waals surface area contributed by atoms with Crippen LogP contribution in [0.3, 0.4) is 0 Å². The smallest absolute Gasteiger partial charge is 0.242 e. The Kier molecular flexibility index (Phi) is 6.61. The third kappa shape index (κ3) is 4.95. The average Bonchev–Trinajstić information content (AvgIpc) is 2.74. The summed E-state index contributed by atoms with van der Waals surface area (Å²) in [6.07, 6.45) is 2.50. The lowest BCUT2D eigenvalue weighted by molar-refractivity contribution is 0.122. The lowest BCUT2D eigenvalue weighted by Gasteiger charge is -2.27. The van der Waals surface area contributed by atoms with Gasteiger partial charge < -0.3 is 19.1 Å². The molecule has 9 nitrogen and oxygen atoms in total. The highest BCUT2D eigenvalue weighted by Gasteiger charge is 2.16. The van der Waals surface area contributed by atoms with E-state index in [0.29, 0.717) is 25.1 Å². The third-order valence-corrected chi connectivity index (χ3v) is 4.41. The first-order chi connectivity index (χ1) is 13.2. The number of nitrogens with two attached hydrogens (primary N) is 1. The second-order valence-electron chi connectivity index (χ2n) is 6.16. The van der Waals surface area contributed by atoms with Gasteiger partial charge in [-0.1, -0.05) is 6.07 Å². The lowest BCUT2D eigenvalue weighted by atomic mass is 10.1. The van der Waals surface area contributed by atoms with Crippen molar-refractivity contribution in [2.45, 2.75) is 19.3 Å². The molecule has 1 aliphatic heterocycles. The summed E-state index contributed by atoms with van der Waals surface area (Å²) in [5, 5.41) is 0. The van der Waals surface area contributed by atoms with Gasteiger partial charge in [0.05, 0.1) is 27.4 Å². The second-order valence-corrected chi connectivity index (χ2v) is 6.16. The zero-order chi connectivity index (χ0) is 19.1. The van der Waals surface area contributed by atoms with Gasteiger partial charge in [0, 0.05) is 19.5 Å². The van der Waals surface area contributed by atoms with Gasteiger partial charge in [-0.25, -0.2) is 5.84 Å². The minimum Gasteiger partial charge on any atom is -0.493 e. The number of methoxy groups -OCH3 is 2. The average molecular weight is 374 g/mol. The molecule has 1 fully saturated rings. The Morgan fingerprint density at radius 3 is 2.56 bits per heavy atom. The van der Waals surface area contributed by atoms with Gasteiger partial charge in [-0.15, -0.1) is 0 Å². The lowest BCUT2D eigenvalue weighted by Crippen LogP contribution is -2.37. The quantitative estimate of drug-likeness (QED) is 0.520. The van der Waals surface area contributed by atoms with E-state index >= 15 is 0 Å². The highest BCUT2D eigenvalue weighted by atomic mass is 16.5. The van der Waals surface area contributed by atoms with Crippen LogP contribution in [0, 0.1) is 0 Å². The van der Waals surface area contributed by atoms with Crippen LogP contribution < -0.4 is 25.6 Å². The Morgan fingerprint density at radius 1 is 1.07 bits per heavy atom. The number of rotatable bonds is 8. The number of nitrogens with one attached hydrogen (secondary N) is 1. The topological polar surface area (TPSA) is 108 Å². The van der Waals surface area contributed by atoms with Crippen LogP contribution in [0.4, 0.5) is 11.9 Å². The molecular formula is C18H26N6O3. The van der Waals surface area contributed by atoms with Crippen LogP contribution >= 0.6 is 0 Å². The zero-order valence-electron chi connectivity index (χ0n) is 15.8. The van der Waals surface area contributed by atoms with Gasteiger partial charge in [-0.3, -0.25) is 5.43 Å². The maximum atomic E-state index is 5.52. The van der Waals surface area contributed by atoms with E-state index in [-0.39, 0.29) is 0 Å². The summed E-state index contributed by atoms with van der Waals surface area (Å²) in [7, 11) is 3.27. The van der Waals surface area contributed by atoms with E-state index in [2.05, 4.69) is 25.3 Å². The van der Waals surface area contributed by atoms with Crippen LogP contribution in [0.25, 0.3) is 0 Å². The van der Waals surface area contributed by atoms with Crippen LogP contribution in [0.1, 0.15) is 17.8 Å². The van der Waals surface area contributed by atoms with Crippen molar-refractivity contribution in [1.82, 2.24) is 15.0 Å². The molecular weight excluding hydrogens is 348 g/mol. The van der Waals surface area contributed by atoms with Crippen LogP contribution in [0.2, 0.25) is 0 Å². The zero-order valence-corrected chi connectivity index (χ0v) is 15.8. The van der Waals surface area contributed by atoms with E-state index < -0.39 is 0 Å². The number of hydrazine groups is 1. The van der Waals surface area contributed by atoms with E-state index in [1.54, 1.807) is 14.2 Å². The first-order valence-corrected chi connectivity index (χ1v) is 8.98. The first-order valence-electron chi connectivity index (χ1n) is 8.98. The summed E-state index contributed by atoms with van der Waals surface area (Å²) >= 11 is 0. The van der Waals surface area contributed by atoms with Crippen molar-refractivity contribution in [3.8, 4) is 11.5 Å². The molecule has 0 aliphatic carbocycles. The molecule has 1 aliphatic rings. The number of aryl methyl sites for hydroxylation is 2. The Bertz CT molecular complexity index is 752. The van der Waals surface area contributed by atoms with Gasteiger partial charge in [-0.2, -0.15) is 15.0 Å². The first kappa shape index (κ1) is 19.1. The van der Waals surface area contributed by atoms with Gasteiger partial charge in [0.2, 0.25) is 11.9 Å². The van der Waals surface area contributed by atoms with E-state index in [0.717, 1.165) is 49.7 Å². The second kappa shape index (κ2) is 9.33. The number of anilines is 2. The molecule has 9 heteroatoms. The largest absolute Gasteiger partial charge is 0.493 e. The number of nitrogens with zero attached hydrogens (tertiary/aromatic N) is 4. The van der Waals surface area contributed by atoms with Crippen molar-refractivity contribution in [2.75, 3.05) is 50.8 Å². The van der Waals surface area contributed by atoms with Crippen molar-refractivity contribution >= 4 is 11.9 Å². The van der Waals surface area contributed by atoms with Gasteiger partial charge in [-0.05, 0) is 30.5 Å². The van der Waals surface area contributed by atoms with E-state index in [1.807, 2.05) is 18.2 Å². The number of aromatic nitrogens is 3. The standard InChI is InChI=1S/C18H26N6O3/c1-25-14-7-6-13(12-15(14)26-2)4-3-5-16-20-17(23-19)22-18(21-16)24-8-10-27-11-9-24/h6-7,12H,3-5,8-11,19H2,1-2H3,(H,20,21,22,23).